The number of carbonyl (C=O) groups excluding carboxylic acids is 1. The number of ether oxygens (including phenoxy) is 1. The van der Waals surface area contributed by atoms with Crippen LogP contribution in [0.2, 0.25) is 0 Å². The largest absolute Gasteiger partial charge is 0.496 e. The second kappa shape index (κ2) is 7.09. The average Bonchev–Trinajstić information content (AvgIpc) is 2.96. The molecule has 0 aliphatic carbocycles. The maximum Gasteiger partial charge on any atom is 0.262 e. The van der Waals surface area contributed by atoms with Crippen LogP contribution in [-0.2, 0) is 16.4 Å². The first kappa shape index (κ1) is 18.4. The van der Waals surface area contributed by atoms with E-state index in [4.69, 9.17) is 4.74 Å². The molecule has 1 aliphatic heterocycles. The highest BCUT2D eigenvalue weighted by molar-refractivity contribution is 7.89. The molecule has 1 amide bonds. The summed E-state index contributed by atoms with van der Waals surface area (Å²) in [5.74, 6) is 0.0786. The van der Waals surface area contributed by atoms with Crippen LogP contribution in [0.15, 0.2) is 47.4 Å². The van der Waals surface area contributed by atoms with Crippen molar-refractivity contribution in [2.45, 2.75) is 31.2 Å². The van der Waals surface area contributed by atoms with Crippen molar-refractivity contribution in [3.05, 3.63) is 53.6 Å². The Labute approximate surface area is 153 Å². The molecule has 0 spiro atoms. The van der Waals surface area contributed by atoms with E-state index in [-0.39, 0.29) is 29.0 Å². The Morgan fingerprint density at radius 1 is 1.27 bits per heavy atom. The lowest BCUT2D eigenvalue weighted by Crippen LogP contribution is -2.36. The Balaban J connectivity index is 2.07. The molecular weight excluding hydrogens is 352 g/mol. The quantitative estimate of drug-likeness (QED) is 0.873. The molecule has 1 unspecified atom stereocenters. The summed E-state index contributed by atoms with van der Waals surface area (Å²) in [6.45, 7) is 3.95. The fourth-order valence-corrected chi connectivity index (χ4v) is 4.37. The Kier molecular flexibility index (Phi) is 5.02. The van der Waals surface area contributed by atoms with Gasteiger partial charge in [-0.05, 0) is 43.2 Å². The van der Waals surface area contributed by atoms with Crippen LogP contribution in [0.4, 0.5) is 5.69 Å². The van der Waals surface area contributed by atoms with Gasteiger partial charge in [-0.2, -0.15) is 0 Å². The highest BCUT2D eigenvalue weighted by Gasteiger charge is 2.33. The van der Waals surface area contributed by atoms with Gasteiger partial charge in [-0.1, -0.05) is 25.1 Å². The molecule has 138 valence electrons. The van der Waals surface area contributed by atoms with Gasteiger partial charge in [-0.3, -0.25) is 4.79 Å². The lowest BCUT2D eigenvalue weighted by Gasteiger charge is -2.24. The summed E-state index contributed by atoms with van der Waals surface area (Å²) in [4.78, 5) is 15.0. The molecule has 2 aromatic carbocycles. The van der Waals surface area contributed by atoms with Crippen molar-refractivity contribution in [2.24, 2.45) is 0 Å². The van der Waals surface area contributed by atoms with E-state index in [1.807, 2.05) is 31.2 Å². The minimum atomic E-state index is -3.67. The minimum Gasteiger partial charge on any atom is -0.496 e. The van der Waals surface area contributed by atoms with Crippen molar-refractivity contribution < 1.29 is 17.9 Å². The normalized spacial score (nSPS) is 16.4. The van der Waals surface area contributed by atoms with Gasteiger partial charge in [-0.25, -0.2) is 13.1 Å². The number of methoxy groups -OCH3 is 1. The van der Waals surface area contributed by atoms with Crippen molar-refractivity contribution in [1.82, 2.24) is 4.72 Å². The standard InChI is InChI=1S/C19H22N2O4S/c1-4-20-26(23,24)15-9-10-18(25-3)16(12-15)19(22)21-13(2)11-14-7-5-6-8-17(14)21/h5-10,12-13,20H,4,11H2,1-3H3. The van der Waals surface area contributed by atoms with Crippen LogP contribution in [0.25, 0.3) is 0 Å². The third-order valence-electron chi connectivity index (χ3n) is 4.47. The van der Waals surface area contributed by atoms with Crippen molar-refractivity contribution >= 4 is 21.6 Å². The number of amides is 1. The van der Waals surface area contributed by atoms with E-state index in [0.29, 0.717) is 5.75 Å². The van der Waals surface area contributed by atoms with E-state index >= 15 is 0 Å². The van der Waals surface area contributed by atoms with Gasteiger partial charge in [-0.15, -0.1) is 0 Å². The highest BCUT2D eigenvalue weighted by atomic mass is 32.2. The molecule has 0 fully saturated rings. The summed E-state index contributed by atoms with van der Waals surface area (Å²) in [7, 11) is -2.20. The number of sulfonamides is 1. The monoisotopic (exact) mass is 374 g/mol. The molecule has 0 radical (unpaired) electrons. The van der Waals surface area contributed by atoms with Crippen LogP contribution in [0.3, 0.4) is 0 Å². The van der Waals surface area contributed by atoms with Crippen LogP contribution in [0.1, 0.15) is 29.8 Å². The molecule has 2 aromatic rings. The van der Waals surface area contributed by atoms with Crippen molar-refractivity contribution in [2.75, 3.05) is 18.6 Å². The van der Waals surface area contributed by atoms with Crippen LogP contribution < -0.4 is 14.4 Å². The summed E-state index contributed by atoms with van der Waals surface area (Å²) in [6, 6.07) is 12.1. The van der Waals surface area contributed by atoms with E-state index in [1.54, 1.807) is 11.8 Å². The molecule has 7 heteroatoms. The number of hydrogen-bond acceptors (Lipinski definition) is 4. The van der Waals surface area contributed by atoms with Crippen molar-refractivity contribution in [3.8, 4) is 5.75 Å². The molecule has 3 rings (SSSR count). The number of para-hydroxylation sites is 1. The first-order valence-corrected chi connectivity index (χ1v) is 9.96. The minimum absolute atomic E-state index is 0.0152. The molecule has 1 atom stereocenters. The highest BCUT2D eigenvalue weighted by Crippen LogP contribution is 2.35. The molecule has 26 heavy (non-hydrogen) atoms. The molecule has 6 nitrogen and oxygen atoms in total. The van der Waals surface area contributed by atoms with Crippen molar-refractivity contribution in [3.63, 3.8) is 0 Å². The van der Waals surface area contributed by atoms with Gasteiger partial charge in [0.1, 0.15) is 5.75 Å². The maximum absolute atomic E-state index is 13.3. The maximum atomic E-state index is 13.3. The Bertz CT molecular complexity index is 940. The molecule has 0 aromatic heterocycles. The zero-order chi connectivity index (χ0) is 18.9. The Morgan fingerprint density at radius 3 is 2.69 bits per heavy atom. The number of benzene rings is 2. The van der Waals surface area contributed by atoms with Gasteiger partial charge < -0.3 is 9.64 Å². The molecule has 1 N–H and O–H groups in total. The summed E-state index contributed by atoms with van der Waals surface area (Å²) in [5.41, 5.74) is 2.19. The first-order chi connectivity index (χ1) is 12.4. The predicted octanol–water partition coefficient (Wildman–Crippen LogP) is 2.58. The number of fused-ring (bicyclic) bond motifs is 1. The van der Waals surface area contributed by atoms with Gasteiger partial charge >= 0.3 is 0 Å². The van der Waals surface area contributed by atoms with Gasteiger partial charge in [0.2, 0.25) is 10.0 Å². The first-order valence-electron chi connectivity index (χ1n) is 8.48. The summed E-state index contributed by atoms with van der Waals surface area (Å²) in [6.07, 6.45) is 0.764. The Hall–Kier alpha value is -2.38. The molecule has 1 aliphatic rings. The number of carbonyl (C=O) groups is 1. The number of anilines is 1. The van der Waals surface area contributed by atoms with Gasteiger partial charge in [0.05, 0.1) is 17.6 Å². The van der Waals surface area contributed by atoms with Crippen LogP contribution in [-0.4, -0.2) is 34.0 Å². The molecule has 0 bridgehead atoms. The molecule has 0 saturated heterocycles. The fourth-order valence-electron chi connectivity index (χ4n) is 3.30. The van der Waals surface area contributed by atoms with Crippen LogP contribution in [0, 0.1) is 0 Å². The summed E-state index contributed by atoms with van der Waals surface area (Å²) >= 11 is 0. The van der Waals surface area contributed by atoms with E-state index in [9.17, 15) is 13.2 Å². The summed E-state index contributed by atoms with van der Waals surface area (Å²) < 4.78 is 32.4. The van der Waals surface area contributed by atoms with Gasteiger partial charge in [0.15, 0.2) is 0 Å². The van der Waals surface area contributed by atoms with E-state index in [2.05, 4.69) is 4.72 Å². The smallest absolute Gasteiger partial charge is 0.262 e. The van der Waals surface area contributed by atoms with Gasteiger partial charge in [0.25, 0.3) is 5.91 Å². The number of nitrogens with one attached hydrogen (secondary N) is 1. The number of nitrogens with zero attached hydrogens (tertiary/aromatic N) is 1. The second-order valence-corrected chi connectivity index (χ2v) is 7.99. The third kappa shape index (κ3) is 3.20. The number of rotatable bonds is 5. The fraction of sp³-hybridized carbons (Fsp3) is 0.316. The predicted molar refractivity (Wildman–Crippen MR) is 100 cm³/mol. The van der Waals surface area contributed by atoms with Crippen molar-refractivity contribution in [1.29, 1.82) is 0 Å². The summed E-state index contributed by atoms with van der Waals surface area (Å²) in [5, 5.41) is 0. The number of hydrogen-bond donors (Lipinski definition) is 1. The molecular formula is C19H22N2O4S. The van der Waals surface area contributed by atoms with E-state index in [1.165, 1.54) is 25.3 Å². The lowest BCUT2D eigenvalue weighted by atomic mass is 10.1. The van der Waals surface area contributed by atoms with Crippen LogP contribution in [0.5, 0.6) is 5.75 Å². The van der Waals surface area contributed by atoms with E-state index in [0.717, 1.165) is 17.7 Å². The van der Waals surface area contributed by atoms with E-state index < -0.39 is 10.0 Å². The molecule has 0 saturated carbocycles. The zero-order valence-electron chi connectivity index (χ0n) is 15.0. The average molecular weight is 374 g/mol. The van der Waals surface area contributed by atoms with Gasteiger partial charge in [0, 0.05) is 18.3 Å². The lowest BCUT2D eigenvalue weighted by molar-refractivity contribution is 0.0978. The van der Waals surface area contributed by atoms with Crippen LogP contribution >= 0.6 is 0 Å². The molecule has 1 heterocycles. The third-order valence-corrected chi connectivity index (χ3v) is 6.02. The zero-order valence-corrected chi connectivity index (χ0v) is 15.8. The topological polar surface area (TPSA) is 75.7 Å². The second-order valence-electron chi connectivity index (χ2n) is 6.22. The SMILES string of the molecule is CCNS(=O)(=O)c1ccc(OC)c(C(=O)N2c3ccccc3CC2C)c1. The Morgan fingerprint density at radius 2 is 2.00 bits per heavy atom.